The van der Waals surface area contributed by atoms with E-state index in [9.17, 15) is 28.9 Å². The number of primary amides is 1. The normalized spacial score (nSPS) is 9.95. The van der Waals surface area contributed by atoms with Gasteiger partial charge in [-0.25, -0.2) is 4.39 Å². The van der Waals surface area contributed by atoms with Gasteiger partial charge in [0.15, 0.2) is 0 Å². The van der Waals surface area contributed by atoms with E-state index in [2.05, 4.69) is 0 Å². The van der Waals surface area contributed by atoms with Crippen LogP contribution in [0.15, 0.2) is 18.2 Å². The van der Waals surface area contributed by atoms with Gasteiger partial charge in [0.1, 0.15) is 18.9 Å². The molecule has 1 rings (SSSR count). The summed E-state index contributed by atoms with van der Waals surface area (Å²) in [6.07, 6.45) is 0. The van der Waals surface area contributed by atoms with Gasteiger partial charge >= 0.3 is 5.97 Å². The lowest BCUT2D eigenvalue weighted by Crippen LogP contribution is -2.41. The fraction of sp³-hybridized carbons (Fsp3) is 0.182. The van der Waals surface area contributed by atoms with E-state index < -0.39 is 52.9 Å². The SMILES string of the molecule is NC(=O)CN(CC(=O)O)C(=O)c1cc(F)cc([N+](=O)[O-])c1. The van der Waals surface area contributed by atoms with Crippen LogP contribution >= 0.6 is 0 Å². The van der Waals surface area contributed by atoms with E-state index in [1.807, 2.05) is 0 Å². The minimum atomic E-state index is -1.42. The summed E-state index contributed by atoms with van der Waals surface area (Å²) in [4.78, 5) is 43.7. The molecule has 0 aromatic heterocycles. The number of carbonyl (C=O) groups is 3. The molecular formula is C11H10FN3O6. The second-order valence-corrected chi connectivity index (χ2v) is 3.98. The van der Waals surface area contributed by atoms with E-state index in [1.54, 1.807) is 0 Å². The zero-order valence-electron chi connectivity index (χ0n) is 10.5. The average molecular weight is 299 g/mol. The predicted molar refractivity (Wildman–Crippen MR) is 65.8 cm³/mol. The molecule has 0 unspecified atom stereocenters. The highest BCUT2D eigenvalue weighted by atomic mass is 19.1. The first kappa shape index (κ1) is 16.0. The summed E-state index contributed by atoms with van der Waals surface area (Å²) < 4.78 is 13.3. The van der Waals surface area contributed by atoms with Crippen LogP contribution in [0.25, 0.3) is 0 Å². The fourth-order valence-corrected chi connectivity index (χ4v) is 1.54. The number of amides is 2. The van der Waals surface area contributed by atoms with Crippen molar-refractivity contribution in [2.75, 3.05) is 13.1 Å². The maximum Gasteiger partial charge on any atom is 0.323 e. The fourth-order valence-electron chi connectivity index (χ4n) is 1.54. The Kier molecular flexibility index (Phi) is 4.89. The molecule has 10 heteroatoms. The van der Waals surface area contributed by atoms with E-state index in [-0.39, 0.29) is 0 Å². The summed E-state index contributed by atoms with van der Waals surface area (Å²) in [6, 6.07) is 2.08. The van der Waals surface area contributed by atoms with Gasteiger partial charge in [-0.15, -0.1) is 0 Å². The monoisotopic (exact) mass is 299 g/mol. The third-order valence-electron chi connectivity index (χ3n) is 2.30. The van der Waals surface area contributed by atoms with Crippen LogP contribution in [-0.2, 0) is 9.59 Å². The van der Waals surface area contributed by atoms with Gasteiger partial charge in [-0.2, -0.15) is 0 Å². The first-order valence-electron chi connectivity index (χ1n) is 5.45. The van der Waals surface area contributed by atoms with Gasteiger partial charge in [-0.1, -0.05) is 0 Å². The summed E-state index contributed by atoms with van der Waals surface area (Å²) in [5.74, 6) is -4.49. The lowest BCUT2D eigenvalue weighted by atomic mass is 10.1. The maximum absolute atomic E-state index is 13.3. The van der Waals surface area contributed by atoms with Gasteiger partial charge < -0.3 is 15.7 Å². The molecule has 0 radical (unpaired) electrons. The van der Waals surface area contributed by atoms with E-state index in [0.717, 1.165) is 6.07 Å². The minimum absolute atomic E-state index is 0.454. The van der Waals surface area contributed by atoms with Crippen molar-refractivity contribution in [3.8, 4) is 0 Å². The highest BCUT2D eigenvalue weighted by Crippen LogP contribution is 2.17. The zero-order chi connectivity index (χ0) is 16.2. The van der Waals surface area contributed by atoms with Crippen LogP contribution in [0.1, 0.15) is 10.4 Å². The van der Waals surface area contributed by atoms with Gasteiger partial charge in [-0.05, 0) is 6.07 Å². The molecule has 0 aliphatic rings. The standard InChI is InChI=1S/C11H10FN3O6/c12-7-1-6(2-8(3-7)15(20)21)11(19)14(4-9(13)16)5-10(17)18/h1-3H,4-5H2,(H2,13,16)(H,17,18). The Morgan fingerprint density at radius 1 is 1.29 bits per heavy atom. The third kappa shape index (κ3) is 4.53. The topological polar surface area (TPSA) is 144 Å². The summed E-state index contributed by atoms with van der Waals surface area (Å²) in [5.41, 5.74) is 3.76. The molecule has 2 amide bonds. The number of non-ortho nitro benzene ring substituents is 1. The number of aliphatic carboxylic acids is 1. The Bertz CT molecular complexity index is 602. The van der Waals surface area contributed by atoms with Crippen LogP contribution in [0.4, 0.5) is 10.1 Å². The largest absolute Gasteiger partial charge is 0.480 e. The smallest absolute Gasteiger partial charge is 0.323 e. The van der Waals surface area contributed by atoms with Crippen molar-refractivity contribution in [1.82, 2.24) is 4.90 Å². The van der Waals surface area contributed by atoms with Crippen LogP contribution in [0.2, 0.25) is 0 Å². The predicted octanol–water partition coefficient (Wildman–Crippen LogP) is -0.254. The Balaban J connectivity index is 3.16. The van der Waals surface area contributed by atoms with Crippen molar-refractivity contribution in [3.63, 3.8) is 0 Å². The van der Waals surface area contributed by atoms with E-state index in [0.29, 0.717) is 17.0 Å². The summed E-state index contributed by atoms with van der Waals surface area (Å²) >= 11 is 0. The second-order valence-electron chi connectivity index (χ2n) is 3.98. The lowest BCUT2D eigenvalue weighted by molar-refractivity contribution is -0.385. The number of carboxylic acids is 1. The van der Waals surface area contributed by atoms with Gasteiger partial charge in [0.2, 0.25) is 5.91 Å². The number of benzene rings is 1. The number of nitro groups is 1. The van der Waals surface area contributed by atoms with Gasteiger partial charge in [0, 0.05) is 11.6 Å². The highest BCUT2D eigenvalue weighted by Gasteiger charge is 2.23. The summed E-state index contributed by atoms with van der Waals surface area (Å²) in [6.45, 7) is -1.57. The molecule has 0 atom stereocenters. The number of rotatable bonds is 6. The Hall–Kier alpha value is -3.04. The van der Waals surface area contributed by atoms with E-state index in [4.69, 9.17) is 10.8 Å². The minimum Gasteiger partial charge on any atom is -0.480 e. The van der Waals surface area contributed by atoms with Crippen LogP contribution in [0.5, 0.6) is 0 Å². The van der Waals surface area contributed by atoms with Crippen molar-refractivity contribution < 1.29 is 28.8 Å². The Labute approximate surface area is 116 Å². The van der Waals surface area contributed by atoms with Gasteiger partial charge in [0.05, 0.1) is 11.0 Å². The molecule has 21 heavy (non-hydrogen) atoms. The number of nitrogens with zero attached hydrogens (tertiary/aromatic N) is 2. The molecule has 0 aliphatic heterocycles. The van der Waals surface area contributed by atoms with Crippen molar-refractivity contribution in [3.05, 3.63) is 39.7 Å². The molecule has 9 nitrogen and oxygen atoms in total. The molecule has 0 aliphatic carbocycles. The number of nitro benzene ring substituents is 1. The summed E-state index contributed by atoms with van der Waals surface area (Å²) in [5, 5.41) is 19.3. The first-order valence-corrected chi connectivity index (χ1v) is 5.45. The molecule has 0 bridgehead atoms. The number of hydrogen-bond acceptors (Lipinski definition) is 5. The highest BCUT2D eigenvalue weighted by molar-refractivity contribution is 5.98. The molecule has 0 saturated heterocycles. The number of halogens is 1. The number of carbonyl (C=O) groups excluding carboxylic acids is 2. The third-order valence-corrected chi connectivity index (χ3v) is 2.30. The van der Waals surface area contributed by atoms with Gasteiger partial charge in [0.25, 0.3) is 11.6 Å². The molecule has 0 heterocycles. The molecule has 0 spiro atoms. The van der Waals surface area contributed by atoms with Crippen molar-refractivity contribution in [1.29, 1.82) is 0 Å². The summed E-state index contributed by atoms with van der Waals surface area (Å²) in [7, 11) is 0. The first-order chi connectivity index (χ1) is 9.70. The van der Waals surface area contributed by atoms with Crippen molar-refractivity contribution in [2.24, 2.45) is 5.73 Å². The molecular weight excluding hydrogens is 289 g/mol. The Morgan fingerprint density at radius 2 is 1.90 bits per heavy atom. The lowest BCUT2D eigenvalue weighted by Gasteiger charge is -2.18. The molecule has 0 fully saturated rings. The van der Waals surface area contributed by atoms with Crippen molar-refractivity contribution >= 4 is 23.5 Å². The zero-order valence-corrected chi connectivity index (χ0v) is 10.5. The Morgan fingerprint density at radius 3 is 2.38 bits per heavy atom. The molecule has 1 aromatic carbocycles. The number of nitrogens with two attached hydrogens (primary N) is 1. The van der Waals surface area contributed by atoms with Crippen LogP contribution in [0, 0.1) is 15.9 Å². The molecule has 0 saturated carbocycles. The van der Waals surface area contributed by atoms with Gasteiger partial charge in [-0.3, -0.25) is 24.5 Å². The maximum atomic E-state index is 13.3. The van der Waals surface area contributed by atoms with Crippen LogP contribution < -0.4 is 5.73 Å². The van der Waals surface area contributed by atoms with Crippen LogP contribution in [-0.4, -0.2) is 45.8 Å². The number of hydrogen-bond donors (Lipinski definition) is 2. The van der Waals surface area contributed by atoms with E-state index in [1.165, 1.54) is 0 Å². The van der Waals surface area contributed by atoms with Crippen molar-refractivity contribution in [2.45, 2.75) is 0 Å². The molecule has 3 N–H and O–H groups in total. The molecule has 112 valence electrons. The van der Waals surface area contributed by atoms with Crippen LogP contribution in [0.3, 0.4) is 0 Å². The average Bonchev–Trinajstić information content (AvgIpc) is 2.35. The quantitative estimate of drug-likeness (QED) is 0.547. The van der Waals surface area contributed by atoms with E-state index >= 15 is 0 Å². The molecule has 1 aromatic rings. The second kappa shape index (κ2) is 6.41. The number of carboxylic acid groups (broad SMARTS) is 1.